The molecule has 0 unspecified atom stereocenters. The van der Waals surface area contributed by atoms with Gasteiger partial charge in [0, 0.05) is 4.88 Å². The molecule has 7 heteroatoms. The molecule has 0 spiro atoms. The van der Waals surface area contributed by atoms with Gasteiger partial charge in [-0.2, -0.15) is 0 Å². The highest BCUT2D eigenvalue weighted by Gasteiger charge is 2.15. The number of thiophene rings is 1. The SMILES string of the molecule is CCCc1nnsc1C(=O)NCc1ccc(Br)s1. The van der Waals surface area contributed by atoms with E-state index in [1.807, 2.05) is 12.1 Å². The third-order valence-electron chi connectivity index (χ3n) is 2.30. The maximum Gasteiger partial charge on any atom is 0.265 e. The summed E-state index contributed by atoms with van der Waals surface area (Å²) in [6.07, 6.45) is 1.76. The molecule has 1 amide bonds. The van der Waals surface area contributed by atoms with Gasteiger partial charge in [0.15, 0.2) is 0 Å². The van der Waals surface area contributed by atoms with Crippen LogP contribution in [0.25, 0.3) is 0 Å². The predicted octanol–water partition coefficient (Wildman–Crippen LogP) is 3.24. The molecule has 0 saturated carbocycles. The summed E-state index contributed by atoms with van der Waals surface area (Å²) in [7, 11) is 0. The van der Waals surface area contributed by atoms with Gasteiger partial charge >= 0.3 is 0 Å². The predicted molar refractivity (Wildman–Crippen MR) is 77.1 cm³/mol. The number of nitrogens with zero attached hydrogens (tertiary/aromatic N) is 2. The Bertz CT molecular complexity index is 538. The molecule has 0 aliphatic rings. The summed E-state index contributed by atoms with van der Waals surface area (Å²) in [4.78, 5) is 13.7. The lowest BCUT2D eigenvalue weighted by Crippen LogP contribution is -2.22. The van der Waals surface area contributed by atoms with Crippen molar-refractivity contribution >= 4 is 44.7 Å². The fraction of sp³-hybridized carbons (Fsp3) is 0.364. The molecule has 0 radical (unpaired) electrons. The molecule has 0 aliphatic carbocycles. The lowest BCUT2D eigenvalue weighted by atomic mass is 10.2. The van der Waals surface area contributed by atoms with Crippen molar-refractivity contribution in [2.24, 2.45) is 0 Å². The van der Waals surface area contributed by atoms with Gasteiger partial charge in [0.05, 0.1) is 16.0 Å². The topological polar surface area (TPSA) is 54.9 Å². The zero-order valence-corrected chi connectivity index (χ0v) is 13.0. The molecular weight excluding hydrogens is 334 g/mol. The Labute approximate surface area is 122 Å². The van der Waals surface area contributed by atoms with Crippen molar-refractivity contribution in [1.82, 2.24) is 14.9 Å². The number of hydrogen-bond acceptors (Lipinski definition) is 5. The standard InChI is InChI=1S/C11H12BrN3OS2/c1-2-3-8-10(18-15-14-8)11(16)13-6-7-4-5-9(12)17-7/h4-5H,2-3,6H2,1H3,(H,13,16). The summed E-state index contributed by atoms with van der Waals surface area (Å²) < 4.78 is 4.91. The van der Waals surface area contributed by atoms with Crippen LogP contribution in [0.1, 0.15) is 33.6 Å². The summed E-state index contributed by atoms with van der Waals surface area (Å²) in [5, 5.41) is 6.88. The Hall–Kier alpha value is -0.790. The molecule has 0 saturated heterocycles. The third kappa shape index (κ3) is 3.37. The summed E-state index contributed by atoms with van der Waals surface area (Å²) in [6, 6.07) is 3.97. The van der Waals surface area contributed by atoms with E-state index in [0.29, 0.717) is 11.4 Å². The van der Waals surface area contributed by atoms with E-state index in [2.05, 4.69) is 37.8 Å². The van der Waals surface area contributed by atoms with Crippen molar-refractivity contribution in [2.45, 2.75) is 26.3 Å². The van der Waals surface area contributed by atoms with Gasteiger partial charge in [-0.3, -0.25) is 4.79 Å². The second kappa shape index (κ2) is 6.40. The lowest BCUT2D eigenvalue weighted by molar-refractivity contribution is 0.0954. The van der Waals surface area contributed by atoms with Crippen LogP contribution in [0.5, 0.6) is 0 Å². The molecular formula is C11H12BrN3OS2. The summed E-state index contributed by atoms with van der Waals surface area (Å²) in [5.41, 5.74) is 0.798. The minimum Gasteiger partial charge on any atom is -0.346 e. The first-order chi connectivity index (χ1) is 8.70. The Morgan fingerprint density at radius 3 is 3.00 bits per heavy atom. The van der Waals surface area contributed by atoms with E-state index in [9.17, 15) is 4.79 Å². The molecule has 4 nitrogen and oxygen atoms in total. The van der Waals surface area contributed by atoms with Crippen LogP contribution >= 0.6 is 38.8 Å². The second-order valence-corrected chi connectivity index (χ2v) is 6.99. The number of halogens is 1. The quantitative estimate of drug-likeness (QED) is 0.904. The number of aryl methyl sites for hydroxylation is 1. The van der Waals surface area contributed by atoms with Gasteiger partial charge in [0.2, 0.25) is 0 Å². The van der Waals surface area contributed by atoms with Crippen LogP contribution in [0.4, 0.5) is 0 Å². The first kappa shape index (κ1) is 13.6. The summed E-state index contributed by atoms with van der Waals surface area (Å²) in [6.45, 7) is 2.60. The smallest absolute Gasteiger partial charge is 0.265 e. The average Bonchev–Trinajstić information content (AvgIpc) is 2.96. The van der Waals surface area contributed by atoms with E-state index >= 15 is 0 Å². The van der Waals surface area contributed by atoms with Crippen molar-refractivity contribution in [3.8, 4) is 0 Å². The molecule has 0 atom stereocenters. The molecule has 2 heterocycles. The molecule has 96 valence electrons. The van der Waals surface area contributed by atoms with Crippen molar-refractivity contribution < 1.29 is 4.79 Å². The molecule has 18 heavy (non-hydrogen) atoms. The van der Waals surface area contributed by atoms with E-state index in [1.165, 1.54) is 0 Å². The molecule has 0 aliphatic heterocycles. The van der Waals surface area contributed by atoms with Crippen LogP contribution in [-0.4, -0.2) is 15.5 Å². The van der Waals surface area contributed by atoms with E-state index in [-0.39, 0.29) is 5.91 Å². The van der Waals surface area contributed by atoms with Crippen LogP contribution in [0, 0.1) is 0 Å². The van der Waals surface area contributed by atoms with Gasteiger partial charge in [0.1, 0.15) is 4.88 Å². The van der Waals surface area contributed by atoms with Crippen LogP contribution in [-0.2, 0) is 13.0 Å². The number of aromatic nitrogens is 2. The van der Waals surface area contributed by atoms with Crippen molar-refractivity contribution in [1.29, 1.82) is 0 Å². The molecule has 1 N–H and O–H groups in total. The van der Waals surface area contributed by atoms with Gasteiger partial charge in [-0.05, 0) is 46.0 Å². The summed E-state index contributed by atoms with van der Waals surface area (Å²) >= 11 is 6.17. The summed E-state index contributed by atoms with van der Waals surface area (Å²) in [5.74, 6) is -0.0852. The largest absolute Gasteiger partial charge is 0.346 e. The zero-order chi connectivity index (χ0) is 13.0. The van der Waals surface area contributed by atoms with E-state index < -0.39 is 0 Å². The van der Waals surface area contributed by atoms with Crippen LogP contribution in [0.3, 0.4) is 0 Å². The maximum atomic E-state index is 12.0. The lowest BCUT2D eigenvalue weighted by Gasteiger charge is -2.02. The Morgan fingerprint density at radius 2 is 2.33 bits per heavy atom. The number of carbonyl (C=O) groups excluding carboxylic acids is 1. The van der Waals surface area contributed by atoms with Crippen LogP contribution < -0.4 is 5.32 Å². The minimum atomic E-state index is -0.0852. The Balaban J connectivity index is 1.97. The third-order valence-corrected chi connectivity index (χ3v) is 4.69. The fourth-order valence-electron chi connectivity index (χ4n) is 1.48. The van der Waals surface area contributed by atoms with E-state index in [4.69, 9.17) is 0 Å². The van der Waals surface area contributed by atoms with Gasteiger partial charge in [0.25, 0.3) is 5.91 Å². The molecule has 2 aromatic heterocycles. The highest BCUT2D eigenvalue weighted by Crippen LogP contribution is 2.22. The second-order valence-electron chi connectivity index (χ2n) is 3.69. The highest BCUT2D eigenvalue weighted by atomic mass is 79.9. The molecule has 0 bridgehead atoms. The van der Waals surface area contributed by atoms with Crippen LogP contribution in [0.15, 0.2) is 15.9 Å². The first-order valence-electron chi connectivity index (χ1n) is 5.54. The first-order valence-corrected chi connectivity index (χ1v) is 7.92. The molecule has 0 aromatic carbocycles. The van der Waals surface area contributed by atoms with Crippen molar-refractivity contribution in [3.05, 3.63) is 31.4 Å². The number of carbonyl (C=O) groups is 1. The van der Waals surface area contributed by atoms with Gasteiger partial charge in [-0.25, -0.2) is 0 Å². The minimum absolute atomic E-state index is 0.0852. The highest BCUT2D eigenvalue weighted by molar-refractivity contribution is 9.11. The van der Waals surface area contributed by atoms with Crippen molar-refractivity contribution in [3.63, 3.8) is 0 Å². The normalized spacial score (nSPS) is 10.6. The number of nitrogens with one attached hydrogen (secondary N) is 1. The molecule has 2 aromatic rings. The monoisotopic (exact) mass is 345 g/mol. The maximum absolute atomic E-state index is 12.0. The van der Waals surface area contributed by atoms with Crippen LogP contribution in [0.2, 0.25) is 0 Å². The fourth-order valence-corrected chi connectivity index (χ4v) is 3.52. The van der Waals surface area contributed by atoms with E-state index in [1.54, 1.807) is 11.3 Å². The zero-order valence-electron chi connectivity index (χ0n) is 9.77. The molecule has 0 fully saturated rings. The Morgan fingerprint density at radius 1 is 1.50 bits per heavy atom. The number of rotatable bonds is 5. The van der Waals surface area contributed by atoms with E-state index in [0.717, 1.165) is 38.7 Å². The molecule has 2 rings (SSSR count). The van der Waals surface area contributed by atoms with Gasteiger partial charge in [-0.1, -0.05) is 17.8 Å². The number of hydrogen-bond donors (Lipinski definition) is 1. The average molecular weight is 346 g/mol. The van der Waals surface area contributed by atoms with Gasteiger partial charge in [-0.15, -0.1) is 16.4 Å². The Kier molecular flexibility index (Phi) is 4.85. The van der Waals surface area contributed by atoms with Gasteiger partial charge < -0.3 is 5.32 Å². The van der Waals surface area contributed by atoms with Crippen molar-refractivity contribution in [2.75, 3.05) is 0 Å². The number of amides is 1.